The molecule has 0 unspecified atom stereocenters. The predicted octanol–water partition coefficient (Wildman–Crippen LogP) is 2.04. The van der Waals surface area contributed by atoms with Gasteiger partial charge in [-0.1, -0.05) is 31.2 Å². The molecule has 98 valence electrons. The van der Waals surface area contributed by atoms with Gasteiger partial charge in [-0.15, -0.1) is 0 Å². The molecule has 0 spiro atoms. The average molecular weight is 247 g/mol. The van der Waals surface area contributed by atoms with Gasteiger partial charge in [0, 0.05) is 19.5 Å². The minimum absolute atomic E-state index is 0.248. The molecule has 0 aromatic heterocycles. The van der Waals surface area contributed by atoms with Crippen LogP contribution in [0.5, 0.6) is 0 Å². The molecule has 1 amide bonds. The third kappa shape index (κ3) is 3.57. The minimum Gasteiger partial charge on any atom is -0.378 e. The third-order valence-electron chi connectivity index (χ3n) is 3.42. The Labute approximate surface area is 109 Å². The third-order valence-corrected chi connectivity index (χ3v) is 3.42. The van der Waals surface area contributed by atoms with Crippen LogP contribution in [0.15, 0.2) is 24.3 Å². The number of hydrogen-bond donors (Lipinski definition) is 0. The normalized spacial score (nSPS) is 15.7. The lowest BCUT2D eigenvalue weighted by Crippen LogP contribution is -2.40. The molecule has 0 N–H and O–H groups in total. The van der Waals surface area contributed by atoms with Gasteiger partial charge in [0.1, 0.15) is 0 Å². The van der Waals surface area contributed by atoms with Gasteiger partial charge in [-0.05, 0) is 24.0 Å². The highest BCUT2D eigenvalue weighted by molar-refractivity contribution is 5.76. The summed E-state index contributed by atoms with van der Waals surface area (Å²) in [5.74, 6) is 0.248. The van der Waals surface area contributed by atoms with Gasteiger partial charge in [0.15, 0.2) is 0 Å². The Bertz CT molecular complexity index is 380. The van der Waals surface area contributed by atoms with Crippen molar-refractivity contribution in [1.29, 1.82) is 0 Å². The van der Waals surface area contributed by atoms with Gasteiger partial charge < -0.3 is 9.64 Å². The number of benzene rings is 1. The molecular weight excluding hydrogens is 226 g/mol. The number of amides is 1. The largest absolute Gasteiger partial charge is 0.378 e. The quantitative estimate of drug-likeness (QED) is 0.815. The van der Waals surface area contributed by atoms with Crippen molar-refractivity contribution >= 4 is 5.91 Å². The number of morpholine rings is 1. The van der Waals surface area contributed by atoms with E-state index in [1.165, 1.54) is 11.1 Å². The molecule has 1 aliphatic rings. The molecule has 18 heavy (non-hydrogen) atoms. The standard InChI is InChI=1S/C15H21NO2/c1-2-13-3-5-14(6-4-13)7-8-15(17)16-9-11-18-12-10-16/h3-6H,2,7-12H2,1H3. The molecule has 0 saturated carbocycles. The summed E-state index contributed by atoms with van der Waals surface area (Å²) in [4.78, 5) is 13.9. The average Bonchev–Trinajstić information content (AvgIpc) is 2.46. The summed E-state index contributed by atoms with van der Waals surface area (Å²) in [6, 6.07) is 8.56. The first-order valence-corrected chi connectivity index (χ1v) is 6.73. The maximum absolute atomic E-state index is 12.0. The number of hydrogen-bond acceptors (Lipinski definition) is 2. The topological polar surface area (TPSA) is 29.5 Å². The molecular formula is C15H21NO2. The number of carbonyl (C=O) groups excluding carboxylic acids is 1. The van der Waals surface area contributed by atoms with Gasteiger partial charge in [0.05, 0.1) is 13.2 Å². The van der Waals surface area contributed by atoms with Crippen LogP contribution in [0.4, 0.5) is 0 Å². The molecule has 0 aliphatic carbocycles. The zero-order valence-corrected chi connectivity index (χ0v) is 11.0. The fourth-order valence-electron chi connectivity index (χ4n) is 2.16. The van der Waals surface area contributed by atoms with E-state index in [0.29, 0.717) is 19.6 Å². The van der Waals surface area contributed by atoms with E-state index in [1.54, 1.807) is 0 Å². The zero-order valence-electron chi connectivity index (χ0n) is 11.0. The van der Waals surface area contributed by atoms with Crippen molar-refractivity contribution < 1.29 is 9.53 Å². The van der Waals surface area contributed by atoms with Crippen LogP contribution < -0.4 is 0 Å². The second-order valence-corrected chi connectivity index (χ2v) is 4.66. The monoisotopic (exact) mass is 247 g/mol. The van der Waals surface area contributed by atoms with E-state index in [1.807, 2.05) is 4.90 Å². The summed E-state index contributed by atoms with van der Waals surface area (Å²) >= 11 is 0. The zero-order chi connectivity index (χ0) is 12.8. The molecule has 0 bridgehead atoms. The highest BCUT2D eigenvalue weighted by atomic mass is 16.5. The van der Waals surface area contributed by atoms with Crippen molar-refractivity contribution in [2.45, 2.75) is 26.2 Å². The predicted molar refractivity (Wildman–Crippen MR) is 71.5 cm³/mol. The second kappa shape index (κ2) is 6.55. The molecule has 1 saturated heterocycles. The van der Waals surface area contributed by atoms with Crippen molar-refractivity contribution in [3.63, 3.8) is 0 Å². The number of aryl methyl sites for hydroxylation is 2. The Morgan fingerprint density at radius 1 is 1.17 bits per heavy atom. The molecule has 0 atom stereocenters. The van der Waals surface area contributed by atoms with E-state index in [2.05, 4.69) is 31.2 Å². The Balaban J connectivity index is 1.80. The molecule has 1 fully saturated rings. The molecule has 1 aromatic rings. The summed E-state index contributed by atoms with van der Waals surface area (Å²) in [6.07, 6.45) is 2.50. The van der Waals surface area contributed by atoms with E-state index in [-0.39, 0.29) is 5.91 Å². The van der Waals surface area contributed by atoms with Crippen LogP contribution in [0.25, 0.3) is 0 Å². The fourth-order valence-corrected chi connectivity index (χ4v) is 2.16. The summed E-state index contributed by atoms with van der Waals surface area (Å²) in [5.41, 5.74) is 2.59. The lowest BCUT2D eigenvalue weighted by molar-refractivity contribution is -0.135. The Kier molecular flexibility index (Phi) is 4.76. The molecule has 3 nitrogen and oxygen atoms in total. The van der Waals surface area contributed by atoms with E-state index < -0.39 is 0 Å². The Hall–Kier alpha value is -1.35. The van der Waals surface area contributed by atoms with Crippen LogP contribution >= 0.6 is 0 Å². The van der Waals surface area contributed by atoms with Gasteiger partial charge in [0.2, 0.25) is 5.91 Å². The molecule has 0 radical (unpaired) electrons. The smallest absolute Gasteiger partial charge is 0.223 e. The summed E-state index contributed by atoms with van der Waals surface area (Å²) < 4.78 is 5.24. The van der Waals surface area contributed by atoms with E-state index in [4.69, 9.17) is 4.74 Å². The fraction of sp³-hybridized carbons (Fsp3) is 0.533. The van der Waals surface area contributed by atoms with Crippen LogP contribution in [0.3, 0.4) is 0 Å². The van der Waals surface area contributed by atoms with Gasteiger partial charge in [0.25, 0.3) is 0 Å². The minimum atomic E-state index is 0.248. The van der Waals surface area contributed by atoms with E-state index in [9.17, 15) is 4.79 Å². The lowest BCUT2D eigenvalue weighted by atomic mass is 10.1. The van der Waals surface area contributed by atoms with Gasteiger partial charge in [-0.25, -0.2) is 0 Å². The number of ether oxygens (including phenoxy) is 1. The molecule has 1 aliphatic heterocycles. The van der Waals surface area contributed by atoms with E-state index in [0.717, 1.165) is 25.9 Å². The van der Waals surface area contributed by atoms with Crippen LogP contribution in [-0.2, 0) is 22.4 Å². The van der Waals surface area contributed by atoms with Gasteiger partial charge >= 0.3 is 0 Å². The molecule has 1 aromatic carbocycles. The van der Waals surface area contributed by atoms with Gasteiger partial charge in [-0.2, -0.15) is 0 Å². The Morgan fingerprint density at radius 3 is 2.39 bits per heavy atom. The van der Waals surface area contributed by atoms with Crippen LogP contribution in [0, 0.1) is 0 Å². The first-order chi connectivity index (χ1) is 8.79. The van der Waals surface area contributed by atoms with Crippen LogP contribution in [-0.4, -0.2) is 37.1 Å². The first kappa shape index (κ1) is 13.1. The van der Waals surface area contributed by atoms with Crippen molar-refractivity contribution in [2.24, 2.45) is 0 Å². The number of rotatable bonds is 4. The highest BCUT2D eigenvalue weighted by Crippen LogP contribution is 2.09. The molecule has 1 heterocycles. The van der Waals surface area contributed by atoms with Gasteiger partial charge in [-0.3, -0.25) is 4.79 Å². The summed E-state index contributed by atoms with van der Waals surface area (Å²) in [7, 11) is 0. The van der Waals surface area contributed by atoms with Crippen molar-refractivity contribution in [3.05, 3.63) is 35.4 Å². The molecule has 2 rings (SSSR count). The second-order valence-electron chi connectivity index (χ2n) is 4.66. The van der Waals surface area contributed by atoms with Crippen LogP contribution in [0.1, 0.15) is 24.5 Å². The van der Waals surface area contributed by atoms with Crippen molar-refractivity contribution in [1.82, 2.24) is 4.90 Å². The lowest BCUT2D eigenvalue weighted by Gasteiger charge is -2.26. The highest BCUT2D eigenvalue weighted by Gasteiger charge is 2.16. The van der Waals surface area contributed by atoms with Crippen LogP contribution in [0.2, 0.25) is 0 Å². The van der Waals surface area contributed by atoms with Crippen molar-refractivity contribution in [2.75, 3.05) is 26.3 Å². The SMILES string of the molecule is CCc1ccc(CCC(=O)N2CCOCC2)cc1. The maximum Gasteiger partial charge on any atom is 0.223 e. The number of nitrogens with zero attached hydrogens (tertiary/aromatic N) is 1. The number of carbonyl (C=O) groups is 1. The molecule has 3 heteroatoms. The first-order valence-electron chi connectivity index (χ1n) is 6.73. The van der Waals surface area contributed by atoms with Crippen molar-refractivity contribution in [3.8, 4) is 0 Å². The summed E-state index contributed by atoms with van der Waals surface area (Å²) in [6.45, 7) is 4.99. The Morgan fingerprint density at radius 2 is 1.78 bits per heavy atom. The summed E-state index contributed by atoms with van der Waals surface area (Å²) in [5, 5.41) is 0. The van der Waals surface area contributed by atoms with E-state index >= 15 is 0 Å². The maximum atomic E-state index is 12.0.